The Kier molecular flexibility index (Phi) is 6.49. The summed E-state index contributed by atoms with van der Waals surface area (Å²) in [7, 11) is 0. The molecule has 0 saturated carbocycles. The van der Waals surface area contributed by atoms with Crippen molar-refractivity contribution in [1.29, 1.82) is 0 Å². The Morgan fingerprint density at radius 2 is 1.83 bits per heavy atom. The van der Waals surface area contributed by atoms with E-state index >= 15 is 0 Å². The third-order valence-electron chi connectivity index (χ3n) is 5.54. The third kappa shape index (κ3) is 4.74. The first-order valence-corrected chi connectivity index (χ1v) is 9.68. The zero-order valence-corrected chi connectivity index (χ0v) is 16.1. The lowest BCUT2D eigenvalue weighted by molar-refractivity contribution is -0.162. The van der Waals surface area contributed by atoms with Crippen molar-refractivity contribution in [2.45, 2.75) is 31.8 Å². The zero-order chi connectivity index (χ0) is 20.9. The van der Waals surface area contributed by atoms with Crippen LogP contribution in [0.4, 0.5) is 14.9 Å². The lowest BCUT2D eigenvalue weighted by Gasteiger charge is -2.43. The van der Waals surface area contributed by atoms with Crippen molar-refractivity contribution < 1.29 is 24.2 Å². The van der Waals surface area contributed by atoms with E-state index in [9.17, 15) is 24.2 Å². The quantitative estimate of drug-likeness (QED) is 0.692. The van der Waals surface area contributed by atoms with E-state index in [4.69, 9.17) is 0 Å². The predicted octanol–water partition coefficient (Wildman–Crippen LogP) is 3.52. The first-order chi connectivity index (χ1) is 13.9. The molecule has 0 bridgehead atoms. The summed E-state index contributed by atoms with van der Waals surface area (Å²) in [5.41, 5.74) is -0.319. The smallest absolute Gasteiger partial charge is 0.321 e. The fourth-order valence-electron chi connectivity index (χ4n) is 3.83. The number of hydrogen-bond donors (Lipinski definition) is 3. The zero-order valence-electron chi connectivity index (χ0n) is 16.1. The van der Waals surface area contributed by atoms with Crippen LogP contribution in [0.2, 0.25) is 0 Å². The van der Waals surface area contributed by atoms with E-state index in [0.717, 1.165) is 5.56 Å². The van der Waals surface area contributed by atoms with E-state index < -0.39 is 29.3 Å². The van der Waals surface area contributed by atoms with Gasteiger partial charge < -0.3 is 20.4 Å². The van der Waals surface area contributed by atoms with E-state index in [1.54, 1.807) is 6.07 Å². The minimum atomic E-state index is -1.44. The number of amides is 2. The molecule has 154 valence electrons. The van der Waals surface area contributed by atoms with Crippen molar-refractivity contribution in [2.24, 2.45) is 5.41 Å². The number of benzene rings is 2. The van der Waals surface area contributed by atoms with E-state index in [2.05, 4.69) is 5.32 Å². The van der Waals surface area contributed by atoms with Crippen LogP contribution in [0.15, 0.2) is 54.6 Å². The minimum Gasteiger partial charge on any atom is -0.481 e. The highest BCUT2D eigenvalue weighted by Gasteiger charge is 2.49. The number of nitrogens with zero attached hydrogens (tertiary/aromatic N) is 1. The van der Waals surface area contributed by atoms with Gasteiger partial charge >= 0.3 is 12.0 Å². The van der Waals surface area contributed by atoms with E-state index in [1.165, 1.54) is 23.1 Å². The number of likely N-dealkylation sites (tertiary alicyclic amines) is 1. The second-order valence-electron chi connectivity index (χ2n) is 7.44. The molecule has 1 aliphatic heterocycles. The molecule has 1 fully saturated rings. The van der Waals surface area contributed by atoms with Gasteiger partial charge in [-0.25, -0.2) is 9.18 Å². The normalized spacial score (nSPS) is 21.6. The van der Waals surface area contributed by atoms with Gasteiger partial charge in [0.1, 0.15) is 11.2 Å². The number of carbonyl (C=O) groups excluding carboxylic acids is 1. The number of hydrogen-bond acceptors (Lipinski definition) is 3. The van der Waals surface area contributed by atoms with Gasteiger partial charge in [-0.1, -0.05) is 42.5 Å². The molecule has 2 aromatic carbocycles. The lowest BCUT2D eigenvalue weighted by atomic mass is 9.73. The van der Waals surface area contributed by atoms with Crippen LogP contribution in [0.1, 0.15) is 24.8 Å². The SMILES string of the molecule is O=C(Nc1ccccc1F)N1CC[C@@H](O)[C@](CCCc2ccccc2)(C(=O)O)C1. The summed E-state index contributed by atoms with van der Waals surface area (Å²) in [4.78, 5) is 26.1. The van der Waals surface area contributed by atoms with Crippen molar-refractivity contribution in [3.63, 3.8) is 0 Å². The van der Waals surface area contributed by atoms with E-state index in [1.807, 2.05) is 30.3 Å². The molecule has 3 N–H and O–H groups in total. The van der Waals surface area contributed by atoms with Crippen LogP contribution in [0.25, 0.3) is 0 Å². The first kappa shape index (κ1) is 20.8. The molecule has 2 atom stereocenters. The van der Waals surface area contributed by atoms with Gasteiger partial charge in [0.05, 0.1) is 11.8 Å². The van der Waals surface area contributed by atoms with Crippen molar-refractivity contribution in [3.05, 3.63) is 66.0 Å². The molecule has 0 spiro atoms. The average Bonchev–Trinajstić information content (AvgIpc) is 2.71. The fraction of sp³-hybridized carbons (Fsp3) is 0.364. The molecule has 1 heterocycles. The Bertz CT molecular complexity index is 861. The largest absolute Gasteiger partial charge is 0.481 e. The standard InChI is InChI=1S/C22H25FN2O4/c23-17-10-4-5-11-18(17)24-21(29)25-14-12-19(26)22(15-25,20(27)28)13-6-9-16-7-2-1-3-8-16/h1-5,7-8,10-11,19,26H,6,9,12-15H2,(H,24,29)(H,27,28)/t19-,22-/m1/s1. The Balaban J connectivity index is 1.69. The Morgan fingerprint density at radius 3 is 2.52 bits per heavy atom. The van der Waals surface area contributed by atoms with Crippen molar-refractivity contribution in [1.82, 2.24) is 4.90 Å². The molecule has 2 aromatic rings. The molecule has 7 heteroatoms. The van der Waals surface area contributed by atoms with Crippen LogP contribution >= 0.6 is 0 Å². The number of aryl methyl sites for hydroxylation is 1. The molecular weight excluding hydrogens is 375 g/mol. The van der Waals surface area contributed by atoms with Crippen molar-refractivity contribution in [3.8, 4) is 0 Å². The molecule has 0 aliphatic carbocycles. The number of halogens is 1. The molecule has 2 amide bonds. The number of aliphatic hydroxyl groups excluding tert-OH is 1. The predicted molar refractivity (Wildman–Crippen MR) is 107 cm³/mol. The van der Waals surface area contributed by atoms with Crippen LogP contribution < -0.4 is 5.32 Å². The van der Waals surface area contributed by atoms with E-state index in [-0.39, 0.29) is 31.6 Å². The van der Waals surface area contributed by atoms with Crippen LogP contribution in [-0.2, 0) is 11.2 Å². The number of urea groups is 1. The highest BCUT2D eigenvalue weighted by molar-refractivity contribution is 5.90. The maximum absolute atomic E-state index is 13.8. The van der Waals surface area contributed by atoms with E-state index in [0.29, 0.717) is 12.8 Å². The number of rotatable bonds is 6. The first-order valence-electron chi connectivity index (χ1n) is 9.68. The summed E-state index contributed by atoms with van der Waals surface area (Å²) in [6.45, 7) is 0.0771. The van der Waals surface area contributed by atoms with Crippen molar-refractivity contribution in [2.75, 3.05) is 18.4 Å². The minimum absolute atomic E-state index is 0.0358. The number of anilines is 1. The number of carboxylic acid groups (broad SMARTS) is 1. The number of carboxylic acids is 1. The second-order valence-corrected chi connectivity index (χ2v) is 7.44. The monoisotopic (exact) mass is 400 g/mol. The van der Waals surface area contributed by atoms with Crippen LogP contribution in [0.5, 0.6) is 0 Å². The Morgan fingerprint density at radius 1 is 1.14 bits per heavy atom. The molecular formula is C22H25FN2O4. The third-order valence-corrected chi connectivity index (χ3v) is 5.54. The topological polar surface area (TPSA) is 89.9 Å². The van der Waals surface area contributed by atoms with Gasteiger partial charge in [-0.3, -0.25) is 4.79 Å². The number of aliphatic hydroxyl groups is 1. The highest BCUT2D eigenvalue weighted by Crippen LogP contribution is 2.36. The molecule has 29 heavy (non-hydrogen) atoms. The molecule has 1 aliphatic rings. The molecule has 3 rings (SSSR count). The summed E-state index contributed by atoms with van der Waals surface area (Å²) >= 11 is 0. The molecule has 0 unspecified atom stereocenters. The van der Waals surface area contributed by atoms with Crippen LogP contribution in [-0.4, -0.2) is 46.3 Å². The summed E-state index contributed by atoms with van der Waals surface area (Å²) in [5.74, 6) is -1.69. The van der Waals surface area contributed by atoms with Gasteiger partial charge in [-0.05, 0) is 43.4 Å². The van der Waals surface area contributed by atoms with Gasteiger partial charge in [0, 0.05) is 13.1 Å². The van der Waals surface area contributed by atoms with Gasteiger partial charge in [0.15, 0.2) is 0 Å². The highest BCUT2D eigenvalue weighted by atomic mass is 19.1. The molecule has 0 radical (unpaired) electrons. The van der Waals surface area contributed by atoms with Gasteiger partial charge in [0.25, 0.3) is 0 Å². The summed E-state index contributed by atoms with van der Waals surface area (Å²) in [6.07, 6.45) is 0.595. The number of nitrogens with one attached hydrogen (secondary N) is 1. The van der Waals surface area contributed by atoms with Crippen LogP contribution in [0, 0.1) is 11.2 Å². The fourth-order valence-corrected chi connectivity index (χ4v) is 3.83. The number of para-hydroxylation sites is 1. The summed E-state index contributed by atoms with van der Waals surface area (Å²) in [5, 5.41) is 22.9. The van der Waals surface area contributed by atoms with Crippen LogP contribution in [0.3, 0.4) is 0 Å². The maximum atomic E-state index is 13.8. The maximum Gasteiger partial charge on any atom is 0.321 e. The molecule has 6 nitrogen and oxygen atoms in total. The molecule has 0 aromatic heterocycles. The summed E-state index contributed by atoms with van der Waals surface area (Å²) in [6, 6.07) is 14.9. The molecule has 1 saturated heterocycles. The lowest BCUT2D eigenvalue weighted by Crippen LogP contribution is -2.58. The number of piperidine rings is 1. The van der Waals surface area contributed by atoms with Gasteiger partial charge in [0.2, 0.25) is 0 Å². The number of aliphatic carboxylic acids is 1. The van der Waals surface area contributed by atoms with Crippen molar-refractivity contribution >= 4 is 17.7 Å². The average molecular weight is 400 g/mol. The number of carbonyl (C=O) groups is 2. The van der Waals surface area contributed by atoms with Gasteiger partial charge in [-0.2, -0.15) is 0 Å². The summed E-state index contributed by atoms with van der Waals surface area (Å²) < 4.78 is 13.8. The van der Waals surface area contributed by atoms with Gasteiger partial charge in [-0.15, -0.1) is 0 Å². The Labute approximate surface area is 169 Å². The Hall–Kier alpha value is -2.93. The second kappa shape index (κ2) is 9.05.